The van der Waals surface area contributed by atoms with E-state index in [1.54, 1.807) is 12.1 Å². The summed E-state index contributed by atoms with van der Waals surface area (Å²) in [7, 11) is 0. The highest BCUT2D eigenvalue weighted by Crippen LogP contribution is 2.18. The van der Waals surface area contributed by atoms with Crippen molar-refractivity contribution in [2.75, 3.05) is 0 Å². The van der Waals surface area contributed by atoms with Gasteiger partial charge in [-0.1, -0.05) is 37.6 Å². The minimum absolute atomic E-state index is 0.00500. The molecule has 1 aromatic heterocycles. The lowest BCUT2D eigenvalue weighted by atomic mass is 10.1. The first-order valence-electron chi connectivity index (χ1n) is 6.97. The Kier molecular flexibility index (Phi) is 4.96. The first kappa shape index (κ1) is 14.8. The van der Waals surface area contributed by atoms with Crippen LogP contribution in [0, 0.1) is 0 Å². The number of nitrogens with zero attached hydrogens (tertiary/aromatic N) is 2. The Balaban J connectivity index is 2.11. The lowest BCUT2D eigenvalue weighted by Gasteiger charge is -2.12. The van der Waals surface area contributed by atoms with Gasteiger partial charge in [0.1, 0.15) is 0 Å². The van der Waals surface area contributed by atoms with E-state index in [-0.39, 0.29) is 12.2 Å². The van der Waals surface area contributed by atoms with Crippen LogP contribution in [0.1, 0.15) is 48.8 Å². The molecule has 1 heterocycles. The maximum absolute atomic E-state index is 12.2. The van der Waals surface area contributed by atoms with Crippen LogP contribution in [-0.4, -0.2) is 15.6 Å². The van der Waals surface area contributed by atoms with Gasteiger partial charge in [-0.2, -0.15) is 5.10 Å². The standard InChI is InChI=1S/C16H19ClN2O/c1-3-13(4-2)19-10-9-12(18-19)11-16(20)14-7-5-6-8-15(14)17/h5-10,13H,3-4,11H2,1-2H3. The molecule has 0 radical (unpaired) electrons. The van der Waals surface area contributed by atoms with Crippen molar-refractivity contribution in [1.29, 1.82) is 0 Å². The number of carbonyl (C=O) groups is 1. The second-order valence-electron chi connectivity index (χ2n) is 4.84. The molecular formula is C16H19ClN2O. The van der Waals surface area contributed by atoms with Gasteiger partial charge in [0.2, 0.25) is 0 Å². The molecule has 0 atom stereocenters. The molecule has 0 N–H and O–H groups in total. The monoisotopic (exact) mass is 290 g/mol. The largest absolute Gasteiger partial charge is 0.294 e. The van der Waals surface area contributed by atoms with Crippen molar-refractivity contribution in [1.82, 2.24) is 9.78 Å². The number of rotatable bonds is 6. The lowest BCUT2D eigenvalue weighted by molar-refractivity contribution is 0.0992. The van der Waals surface area contributed by atoms with E-state index in [0.717, 1.165) is 18.5 Å². The zero-order valence-corrected chi connectivity index (χ0v) is 12.6. The fourth-order valence-corrected chi connectivity index (χ4v) is 2.53. The zero-order valence-electron chi connectivity index (χ0n) is 11.8. The molecule has 0 saturated heterocycles. The third kappa shape index (κ3) is 3.28. The summed E-state index contributed by atoms with van der Waals surface area (Å²) in [6.45, 7) is 4.29. The molecule has 0 aliphatic heterocycles. The van der Waals surface area contributed by atoms with Crippen molar-refractivity contribution in [3.8, 4) is 0 Å². The molecule has 0 bridgehead atoms. The van der Waals surface area contributed by atoms with Crippen molar-refractivity contribution in [3.05, 3.63) is 52.8 Å². The Bertz CT molecular complexity index is 588. The van der Waals surface area contributed by atoms with Crippen LogP contribution in [0.5, 0.6) is 0 Å². The number of hydrogen-bond acceptors (Lipinski definition) is 2. The van der Waals surface area contributed by atoms with Crippen LogP contribution in [0.3, 0.4) is 0 Å². The highest BCUT2D eigenvalue weighted by atomic mass is 35.5. The molecule has 1 aromatic carbocycles. The fraction of sp³-hybridized carbons (Fsp3) is 0.375. The highest BCUT2D eigenvalue weighted by molar-refractivity contribution is 6.34. The molecular weight excluding hydrogens is 272 g/mol. The molecule has 0 unspecified atom stereocenters. The van der Waals surface area contributed by atoms with Gasteiger partial charge >= 0.3 is 0 Å². The number of aromatic nitrogens is 2. The zero-order chi connectivity index (χ0) is 14.5. The SMILES string of the molecule is CCC(CC)n1ccc(CC(=O)c2ccccc2Cl)n1. The molecule has 0 aliphatic carbocycles. The smallest absolute Gasteiger partial charge is 0.170 e. The second-order valence-corrected chi connectivity index (χ2v) is 5.24. The van der Waals surface area contributed by atoms with E-state index in [9.17, 15) is 4.79 Å². The van der Waals surface area contributed by atoms with E-state index < -0.39 is 0 Å². The molecule has 2 aromatic rings. The molecule has 0 spiro atoms. The van der Waals surface area contributed by atoms with Gasteiger partial charge in [-0.05, 0) is 31.0 Å². The minimum Gasteiger partial charge on any atom is -0.294 e. The Morgan fingerprint density at radius 1 is 1.25 bits per heavy atom. The quantitative estimate of drug-likeness (QED) is 0.743. The van der Waals surface area contributed by atoms with Crippen LogP contribution in [0.2, 0.25) is 5.02 Å². The van der Waals surface area contributed by atoms with Crippen molar-refractivity contribution in [3.63, 3.8) is 0 Å². The van der Waals surface area contributed by atoms with Crippen molar-refractivity contribution < 1.29 is 4.79 Å². The predicted molar refractivity (Wildman–Crippen MR) is 81.3 cm³/mol. The second kappa shape index (κ2) is 6.71. The number of benzene rings is 1. The van der Waals surface area contributed by atoms with Gasteiger partial charge in [-0.15, -0.1) is 0 Å². The van der Waals surface area contributed by atoms with Crippen LogP contribution >= 0.6 is 11.6 Å². The van der Waals surface area contributed by atoms with E-state index in [4.69, 9.17) is 11.6 Å². The summed E-state index contributed by atoms with van der Waals surface area (Å²) < 4.78 is 1.95. The molecule has 0 saturated carbocycles. The molecule has 0 aliphatic rings. The number of carbonyl (C=O) groups excluding carboxylic acids is 1. The topological polar surface area (TPSA) is 34.9 Å². The maximum atomic E-state index is 12.2. The molecule has 4 heteroatoms. The average molecular weight is 291 g/mol. The predicted octanol–water partition coefficient (Wildman–Crippen LogP) is 4.32. The summed E-state index contributed by atoms with van der Waals surface area (Å²) in [4.78, 5) is 12.2. The lowest BCUT2D eigenvalue weighted by Crippen LogP contribution is -2.09. The van der Waals surface area contributed by atoms with Gasteiger partial charge in [0.05, 0.1) is 23.2 Å². The van der Waals surface area contributed by atoms with Gasteiger partial charge in [0.15, 0.2) is 5.78 Å². The van der Waals surface area contributed by atoms with Crippen molar-refractivity contribution in [2.24, 2.45) is 0 Å². The first-order valence-corrected chi connectivity index (χ1v) is 7.35. The third-order valence-corrected chi connectivity index (χ3v) is 3.83. The summed E-state index contributed by atoms with van der Waals surface area (Å²) in [5.74, 6) is 0.00500. The van der Waals surface area contributed by atoms with Gasteiger partial charge in [0.25, 0.3) is 0 Å². The Hall–Kier alpha value is -1.61. The van der Waals surface area contributed by atoms with Crippen LogP contribution in [0.4, 0.5) is 0 Å². The fourth-order valence-electron chi connectivity index (χ4n) is 2.28. The Morgan fingerprint density at radius 2 is 1.95 bits per heavy atom. The molecule has 3 nitrogen and oxygen atoms in total. The number of Topliss-reactive ketones (excluding diaryl/α,β-unsaturated/α-hetero) is 1. The maximum Gasteiger partial charge on any atom is 0.170 e. The molecule has 0 amide bonds. The number of halogens is 1. The summed E-state index contributed by atoms with van der Waals surface area (Å²) in [5.41, 5.74) is 1.35. The van der Waals surface area contributed by atoms with Crippen LogP contribution < -0.4 is 0 Å². The average Bonchev–Trinajstić information content (AvgIpc) is 2.89. The minimum atomic E-state index is 0.00500. The Labute approximate surface area is 124 Å². The summed E-state index contributed by atoms with van der Waals surface area (Å²) in [6, 6.07) is 9.44. The van der Waals surface area contributed by atoms with Crippen LogP contribution in [-0.2, 0) is 6.42 Å². The normalized spacial score (nSPS) is 11.0. The van der Waals surface area contributed by atoms with Crippen LogP contribution in [0.25, 0.3) is 0 Å². The number of ketones is 1. The number of hydrogen-bond donors (Lipinski definition) is 0. The van der Waals surface area contributed by atoms with E-state index in [2.05, 4.69) is 18.9 Å². The summed E-state index contributed by atoms with van der Waals surface area (Å²) in [6.07, 6.45) is 4.32. The van der Waals surface area contributed by atoms with Gasteiger partial charge < -0.3 is 0 Å². The first-order chi connectivity index (χ1) is 9.65. The third-order valence-electron chi connectivity index (χ3n) is 3.50. The van der Waals surface area contributed by atoms with E-state index in [1.165, 1.54) is 0 Å². The summed E-state index contributed by atoms with van der Waals surface area (Å²) in [5, 5.41) is 5.00. The van der Waals surface area contributed by atoms with Crippen molar-refractivity contribution in [2.45, 2.75) is 39.2 Å². The van der Waals surface area contributed by atoms with Gasteiger partial charge in [-0.25, -0.2) is 0 Å². The Morgan fingerprint density at radius 3 is 2.60 bits per heavy atom. The van der Waals surface area contributed by atoms with E-state index >= 15 is 0 Å². The summed E-state index contributed by atoms with van der Waals surface area (Å²) >= 11 is 6.04. The molecule has 106 valence electrons. The molecule has 2 rings (SSSR count). The molecule has 0 fully saturated rings. The highest BCUT2D eigenvalue weighted by Gasteiger charge is 2.13. The van der Waals surface area contributed by atoms with E-state index in [1.807, 2.05) is 29.1 Å². The van der Waals surface area contributed by atoms with Crippen molar-refractivity contribution >= 4 is 17.4 Å². The van der Waals surface area contributed by atoms with Gasteiger partial charge in [-0.3, -0.25) is 9.48 Å². The van der Waals surface area contributed by atoms with E-state index in [0.29, 0.717) is 16.6 Å². The van der Waals surface area contributed by atoms with Gasteiger partial charge in [0, 0.05) is 11.8 Å². The van der Waals surface area contributed by atoms with Crippen LogP contribution in [0.15, 0.2) is 36.5 Å². The molecule has 20 heavy (non-hydrogen) atoms.